The van der Waals surface area contributed by atoms with Crippen molar-refractivity contribution in [2.75, 3.05) is 7.11 Å². The van der Waals surface area contributed by atoms with Crippen LogP contribution in [0.2, 0.25) is 0 Å². The van der Waals surface area contributed by atoms with Crippen molar-refractivity contribution in [2.24, 2.45) is 10.9 Å². The molecule has 2 heterocycles. The number of unbranched alkanes of at least 4 members (excludes halogenated alkanes) is 1. The fourth-order valence-corrected chi connectivity index (χ4v) is 4.41. The lowest BCUT2D eigenvalue weighted by atomic mass is 10.0. The quantitative estimate of drug-likeness (QED) is 0.640. The van der Waals surface area contributed by atoms with E-state index < -0.39 is 15.6 Å². The summed E-state index contributed by atoms with van der Waals surface area (Å²) in [5.41, 5.74) is -0.261. The molecule has 0 atom stereocenters. The second kappa shape index (κ2) is 9.09. The second-order valence-corrected chi connectivity index (χ2v) is 9.54. The third-order valence-corrected chi connectivity index (χ3v) is 6.41. The van der Waals surface area contributed by atoms with Crippen LogP contribution in [0.4, 0.5) is 5.69 Å². The van der Waals surface area contributed by atoms with Gasteiger partial charge in [-0.05, 0) is 37.3 Å². The van der Waals surface area contributed by atoms with Gasteiger partial charge in [0.15, 0.2) is 11.6 Å². The number of hydrogen-bond acceptors (Lipinski definition) is 7. The van der Waals surface area contributed by atoms with Crippen molar-refractivity contribution >= 4 is 21.5 Å². The van der Waals surface area contributed by atoms with E-state index in [1.54, 1.807) is 6.07 Å². The van der Waals surface area contributed by atoms with Gasteiger partial charge in [-0.25, -0.2) is 18.1 Å². The molecule has 0 bridgehead atoms. The molecule has 0 aliphatic carbocycles. The van der Waals surface area contributed by atoms with Crippen molar-refractivity contribution in [3.05, 3.63) is 39.8 Å². The van der Waals surface area contributed by atoms with E-state index in [9.17, 15) is 18.3 Å². The van der Waals surface area contributed by atoms with Gasteiger partial charge in [0, 0.05) is 12.6 Å². The third-order valence-electron chi connectivity index (χ3n) is 5.04. The molecule has 0 unspecified atom stereocenters. The summed E-state index contributed by atoms with van der Waals surface area (Å²) in [7, 11) is -2.58. The van der Waals surface area contributed by atoms with Crippen molar-refractivity contribution in [1.82, 2.24) is 14.5 Å². The van der Waals surface area contributed by atoms with E-state index in [-0.39, 0.29) is 27.7 Å². The first-order valence-corrected chi connectivity index (χ1v) is 11.8. The van der Waals surface area contributed by atoms with Crippen molar-refractivity contribution in [1.29, 1.82) is 0 Å². The predicted molar refractivity (Wildman–Crippen MR) is 118 cm³/mol. The minimum absolute atomic E-state index is 0.0597. The van der Waals surface area contributed by atoms with Crippen LogP contribution in [-0.2, 0) is 23.0 Å². The summed E-state index contributed by atoms with van der Waals surface area (Å²) in [5.74, 6) is 0.191. The van der Waals surface area contributed by atoms with E-state index >= 15 is 0 Å². The zero-order chi connectivity index (χ0) is 22.8. The summed E-state index contributed by atoms with van der Waals surface area (Å²) >= 11 is 0. The number of aromatic nitrogens is 2. The van der Waals surface area contributed by atoms with Gasteiger partial charge < -0.3 is 9.84 Å². The molecular formula is C21H28N4O5S. The van der Waals surface area contributed by atoms with Gasteiger partial charge in [-0.15, -0.1) is 0 Å². The Hall–Kier alpha value is -2.88. The van der Waals surface area contributed by atoms with Crippen LogP contribution >= 0.6 is 0 Å². The zero-order valence-corrected chi connectivity index (χ0v) is 19.0. The lowest BCUT2D eigenvalue weighted by Gasteiger charge is -2.20. The van der Waals surface area contributed by atoms with Crippen LogP contribution in [0.3, 0.4) is 0 Å². The molecule has 0 saturated carbocycles. The number of fused-ring (bicyclic) bond motifs is 1. The number of aromatic hydroxyl groups is 1. The van der Waals surface area contributed by atoms with Crippen LogP contribution in [0.1, 0.15) is 51.3 Å². The van der Waals surface area contributed by atoms with E-state index in [1.807, 2.05) is 6.92 Å². The monoisotopic (exact) mass is 448 g/mol. The molecule has 0 amide bonds. The Labute approximate surface area is 181 Å². The Balaban J connectivity index is 2.19. The Morgan fingerprint density at radius 3 is 2.68 bits per heavy atom. The number of sulfonamides is 1. The summed E-state index contributed by atoms with van der Waals surface area (Å²) in [4.78, 5) is 17.4. The maximum absolute atomic E-state index is 13.1. The number of aliphatic imine (C=N–C) groups is 1. The molecule has 3 rings (SSSR count). The molecule has 0 radical (unpaired) electrons. The highest BCUT2D eigenvalue weighted by molar-refractivity contribution is 7.90. The molecular weight excluding hydrogens is 420 g/mol. The fourth-order valence-electron chi connectivity index (χ4n) is 3.24. The van der Waals surface area contributed by atoms with E-state index in [0.29, 0.717) is 30.3 Å². The summed E-state index contributed by atoms with van der Waals surface area (Å²) in [5, 5.41) is 15.2. The maximum atomic E-state index is 13.1. The number of methoxy groups -OCH3 is 1. The number of rotatable bonds is 8. The maximum Gasteiger partial charge on any atom is 0.281 e. The lowest BCUT2D eigenvalue weighted by Crippen LogP contribution is -2.40. The number of nitrogens with zero attached hydrogens (tertiary/aromatic N) is 3. The first-order chi connectivity index (χ1) is 14.7. The average molecular weight is 449 g/mol. The second-order valence-electron chi connectivity index (χ2n) is 7.88. The Kier molecular flexibility index (Phi) is 6.68. The van der Waals surface area contributed by atoms with Crippen LogP contribution in [0.25, 0.3) is 0 Å². The van der Waals surface area contributed by atoms with Crippen molar-refractivity contribution < 1.29 is 18.3 Å². The highest BCUT2D eigenvalue weighted by Gasteiger charge is 2.31. The molecule has 2 aromatic rings. The number of hydrogen-bond donors (Lipinski definition) is 2. The van der Waals surface area contributed by atoms with Gasteiger partial charge in [-0.2, -0.15) is 5.10 Å². The van der Waals surface area contributed by atoms with E-state index in [4.69, 9.17) is 4.74 Å². The topological polar surface area (TPSA) is 123 Å². The SMILES string of the molecule is CCCCn1nc(CCC(C)C)c(O)c(C2=Nc3ccc(OC)cc3S(=O)(=O)N2)c1=O. The zero-order valence-electron chi connectivity index (χ0n) is 18.2. The molecule has 1 aliphatic rings. The Bertz CT molecular complexity index is 1170. The van der Waals surface area contributed by atoms with Crippen LogP contribution in [0.5, 0.6) is 11.5 Å². The normalized spacial score (nSPS) is 14.7. The predicted octanol–water partition coefficient (Wildman–Crippen LogP) is 2.72. The van der Waals surface area contributed by atoms with E-state index in [2.05, 4.69) is 28.7 Å². The fraction of sp³-hybridized carbons (Fsp3) is 0.476. The standard InChI is InChI=1S/C21H28N4O5S/c1-5-6-11-25-21(27)18(19(26)16(23-25)9-7-13(2)3)20-22-15-10-8-14(30-4)12-17(15)31(28,29)24-20/h8,10,12-13,26H,5-7,9,11H2,1-4H3,(H,22,24). The summed E-state index contributed by atoms with van der Waals surface area (Å²) in [6.07, 6.45) is 2.79. The smallest absolute Gasteiger partial charge is 0.281 e. The molecule has 31 heavy (non-hydrogen) atoms. The van der Waals surface area contributed by atoms with Crippen LogP contribution < -0.4 is 15.0 Å². The third kappa shape index (κ3) is 4.73. The summed E-state index contributed by atoms with van der Waals surface area (Å²) in [6.45, 7) is 6.47. The highest BCUT2D eigenvalue weighted by Crippen LogP contribution is 2.33. The molecule has 0 saturated heterocycles. The molecule has 10 heteroatoms. The largest absolute Gasteiger partial charge is 0.505 e. The number of aryl methyl sites for hydroxylation is 2. The van der Waals surface area contributed by atoms with Crippen molar-refractivity contribution in [3.63, 3.8) is 0 Å². The number of nitrogens with one attached hydrogen (secondary N) is 1. The van der Waals surface area contributed by atoms with Crippen LogP contribution in [-0.4, -0.2) is 36.3 Å². The first-order valence-electron chi connectivity index (χ1n) is 10.3. The highest BCUT2D eigenvalue weighted by atomic mass is 32.2. The number of benzene rings is 1. The average Bonchev–Trinajstić information content (AvgIpc) is 2.72. The van der Waals surface area contributed by atoms with Crippen LogP contribution in [0, 0.1) is 5.92 Å². The van der Waals surface area contributed by atoms with Crippen LogP contribution in [0.15, 0.2) is 32.9 Å². The van der Waals surface area contributed by atoms with Crippen molar-refractivity contribution in [3.8, 4) is 11.5 Å². The summed E-state index contributed by atoms with van der Waals surface area (Å²) < 4.78 is 34.4. The molecule has 0 spiro atoms. The lowest BCUT2D eigenvalue weighted by molar-refractivity contribution is 0.413. The molecule has 0 fully saturated rings. The van der Waals surface area contributed by atoms with Gasteiger partial charge in [-0.3, -0.25) is 9.52 Å². The first kappa shape index (κ1) is 22.8. The van der Waals surface area contributed by atoms with Gasteiger partial charge >= 0.3 is 0 Å². The molecule has 2 N–H and O–H groups in total. The Morgan fingerprint density at radius 2 is 2.03 bits per heavy atom. The minimum atomic E-state index is -4.01. The summed E-state index contributed by atoms with van der Waals surface area (Å²) in [6, 6.07) is 4.44. The molecule has 1 aromatic heterocycles. The van der Waals surface area contributed by atoms with Gasteiger partial charge in [0.05, 0.1) is 12.8 Å². The molecule has 1 aliphatic heterocycles. The van der Waals surface area contributed by atoms with E-state index in [0.717, 1.165) is 19.3 Å². The molecule has 168 valence electrons. The van der Waals surface area contributed by atoms with Gasteiger partial charge in [0.1, 0.15) is 21.9 Å². The number of amidine groups is 1. The van der Waals surface area contributed by atoms with Gasteiger partial charge in [0.2, 0.25) is 0 Å². The van der Waals surface area contributed by atoms with Gasteiger partial charge in [0.25, 0.3) is 15.6 Å². The molecule has 1 aromatic carbocycles. The minimum Gasteiger partial charge on any atom is -0.505 e. The number of ether oxygens (including phenoxy) is 1. The van der Waals surface area contributed by atoms with Gasteiger partial charge in [-0.1, -0.05) is 27.2 Å². The Morgan fingerprint density at radius 1 is 1.29 bits per heavy atom. The van der Waals surface area contributed by atoms with Crippen molar-refractivity contribution in [2.45, 2.75) is 57.9 Å². The molecule has 9 nitrogen and oxygen atoms in total. The van der Waals surface area contributed by atoms with E-state index in [1.165, 1.54) is 23.9 Å².